The van der Waals surface area contributed by atoms with Crippen molar-refractivity contribution in [3.05, 3.63) is 164 Å². The number of benzene rings is 7. The van der Waals surface area contributed by atoms with Gasteiger partial charge in [-0.3, -0.25) is 0 Å². The minimum Gasteiger partial charge on any atom is -0.438 e. The van der Waals surface area contributed by atoms with Gasteiger partial charge in [-0.05, 0) is 62.6 Å². The van der Waals surface area contributed by atoms with Gasteiger partial charge < -0.3 is 4.42 Å². The molecule has 0 unspecified atom stereocenters. The summed E-state index contributed by atoms with van der Waals surface area (Å²) in [5.41, 5.74) is 7.97. The van der Waals surface area contributed by atoms with Crippen molar-refractivity contribution in [1.29, 1.82) is 0 Å². The lowest BCUT2D eigenvalue weighted by Crippen LogP contribution is -1.96. The second kappa shape index (κ2) is 11.0. The first-order valence-corrected chi connectivity index (χ1v) is 16.4. The highest BCUT2D eigenvalue weighted by Gasteiger charge is 2.18. The molecular weight excluding hydrogens is 599 g/mol. The molecule has 0 aliphatic carbocycles. The smallest absolute Gasteiger partial charge is 0.227 e. The largest absolute Gasteiger partial charge is 0.438 e. The van der Waals surface area contributed by atoms with Gasteiger partial charge in [0, 0.05) is 33.0 Å². The Morgan fingerprint density at radius 2 is 1.02 bits per heavy atom. The molecule has 0 aliphatic heterocycles. The van der Waals surface area contributed by atoms with Gasteiger partial charge >= 0.3 is 0 Å². The summed E-state index contributed by atoms with van der Waals surface area (Å²) in [4.78, 5) is 15.3. The molecule has 0 N–H and O–H groups in total. The highest BCUT2D eigenvalue weighted by atomic mass is 16.3. The zero-order chi connectivity index (χ0) is 32.3. The van der Waals surface area contributed by atoms with E-state index in [1.807, 2.05) is 48.5 Å². The van der Waals surface area contributed by atoms with E-state index in [-0.39, 0.29) is 0 Å². The molecule has 4 nitrogen and oxygen atoms in total. The summed E-state index contributed by atoms with van der Waals surface area (Å²) in [7, 11) is 0. The third kappa shape index (κ3) is 4.57. The molecule has 0 fully saturated rings. The van der Waals surface area contributed by atoms with Crippen molar-refractivity contribution in [3.8, 4) is 45.2 Å². The van der Waals surface area contributed by atoms with Crippen molar-refractivity contribution >= 4 is 54.4 Å². The summed E-state index contributed by atoms with van der Waals surface area (Å²) in [5.74, 6) is 0.645. The van der Waals surface area contributed by atoms with Crippen LogP contribution in [0, 0.1) is 0 Å². The van der Waals surface area contributed by atoms with Crippen LogP contribution in [0.25, 0.3) is 99.5 Å². The van der Waals surface area contributed by atoms with Crippen LogP contribution in [0.5, 0.6) is 0 Å². The molecule has 3 aromatic heterocycles. The third-order valence-electron chi connectivity index (χ3n) is 9.49. The number of furan rings is 1. The monoisotopic (exact) mass is 625 g/mol. The van der Waals surface area contributed by atoms with Crippen LogP contribution >= 0.6 is 0 Å². The SMILES string of the molecule is c1ccc(-c2cc(-c3ccccc3)nc(-c3cccc4oc5nc(-c6ccc7c(ccc8ccc9ccccc9c87)c6)ccc5c34)n2)cc1. The van der Waals surface area contributed by atoms with Gasteiger partial charge in [0.15, 0.2) is 5.82 Å². The first-order chi connectivity index (χ1) is 24.3. The van der Waals surface area contributed by atoms with E-state index in [0.29, 0.717) is 11.5 Å². The fraction of sp³-hybridized carbons (Fsp3) is 0. The molecule has 0 atom stereocenters. The van der Waals surface area contributed by atoms with Crippen LogP contribution in [0.4, 0.5) is 0 Å². The molecule has 0 amide bonds. The van der Waals surface area contributed by atoms with E-state index < -0.39 is 0 Å². The van der Waals surface area contributed by atoms with E-state index in [1.165, 1.54) is 32.3 Å². The molecule has 10 aromatic rings. The summed E-state index contributed by atoms with van der Waals surface area (Å²) < 4.78 is 6.43. The van der Waals surface area contributed by atoms with Gasteiger partial charge in [-0.25, -0.2) is 15.0 Å². The highest BCUT2D eigenvalue weighted by Crippen LogP contribution is 2.38. The van der Waals surface area contributed by atoms with E-state index in [2.05, 4.69) is 115 Å². The number of nitrogens with zero attached hydrogens (tertiary/aromatic N) is 3. The lowest BCUT2D eigenvalue weighted by Gasteiger charge is -2.10. The molecule has 0 aliphatic rings. The van der Waals surface area contributed by atoms with Crippen LogP contribution in [0.1, 0.15) is 0 Å². The van der Waals surface area contributed by atoms with Crippen molar-refractivity contribution < 1.29 is 4.42 Å². The Kier molecular flexibility index (Phi) is 6.15. The molecule has 0 bridgehead atoms. The quantitative estimate of drug-likeness (QED) is 0.183. The Morgan fingerprint density at radius 1 is 0.367 bits per heavy atom. The Labute approximate surface area is 282 Å². The average Bonchev–Trinajstić information content (AvgIpc) is 3.56. The summed E-state index contributed by atoms with van der Waals surface area (Å²) >= 11 is 0. The van der Waals surface area contributed by atoms with Gasteiger partial charge in [-0.2, -0.15) is 0 Å². The number of aromatic nitrogens is 3. The van der Waals surface area contributed by atoms with Crippen LogP contribution in [0.2, 0.25) is 0 Å². The maximum Gasteiger partial charge on any atom is 0.227 e. The Morgan fingerprint density at radius 3 is 1.80 bits per heavy atom. The van der Waals surface area contributed by atoms with Gasteiger partial charge in [-0.15, -0.1) is 0 Å². The fourth-order valence-corrected chi connectivity index (χ4v) is 7.13. The third-order valence-corrected chi connectivity index (χ3v) is 9.49. The molecule has 0 radical (unpaired) electrons. The minimum atomic E-state index is 0.590. The average molecular weight is 626 g/mol. The molecule has 0 spiro atoms. The van der Waals surface area contributed by atoms with Gasteiger partial charge in [0.2, 0.25) is 5.71 Å². The van der Waals surface area contributed by atoms with Crippen LogP contribution < -0.4 is 0 Å². The van der Waals surface area contributed by atoms with Gasteiger partial charge in [-0.1, -0.05) is 133 Å². The Bertz CT molecular complexity index is 2820. The van der Waals surface area contributed by atoms with E-state index in [0.717, 1.165) is 55.7 Å². The highest BCUT2D eigenvalue weighted by molar-refractivity contribution is 6.20. The van der Waals surface area contributed by atoms with Crippen LogP contribution in [0.15, 0.2) is 168 Å². The molecule has 4 heteroatoms. The zero-order valence-electron chi connectivity index (χ0n) is 26.3. The minimum absolute atomic E-state index is 0.590. The van der Waals surface area contributed by atoms with Crippen molar-refractivity contribution in [2.45, 2.75) is 0 Å². The van der Waals surface area contributed by atoms with Crippen LogP contribution in [0.3, 0.4) is 0 Å². The normalized spacial score (nSPS) is 11.7. The molecule has 7 aromatic carbocycles. The molecule has 10 rings (SSSR count). The summed E-state index contributed by atoms with van der Waals surface area (Å²) in [6, 6.07) is 56.9. The number of hydrogen-bond acceptors (Lipinski definition) is 4. The van der Waals surface area contributed by atoms with Gasteiger partial charge in [0.25, 0.3) is 0 Å². The Hall–Kier alpha value is -6.65. The topological polar surface area (TPSA) is 51.8 Å². The number of hydrogen-bond donors (Lipinski definition) is 0. The van der Waals surface area contributed by atoms with Crippen molar-refractivity contribution in [2.75, 3.05) is 0 Å². The maximum atomic E-state index is 6.43. The summed E-state index contributed by atoms with van der Waals surface area (Å²) in [6.07, 6.45) is 0. The van der Waals surface area contributed by atoms with Gasteiger partial charge in [0.05, 0.1) is 17.1 Å². The number of rotatable bonds is 4. The first kappa shape index (κ1) is 27.5. The second-order valence-corrected chi connectivity index (χ2v) is 12.4. The van der Waals surface area contributed by atoms with Crippen LogP contribution in [-0.2, 0) is 0 Å². The number of pyridine rings is 1. The molecule has 0 saturated heterocycles. The fourth-order valence-electron chi connectivity index (χ4n) is 7.13. The molecule has 49 heavy (non-hydrogen) atoms. The van der Waals surface area contributed by atoms with Crippen LogP contribution in [-0.4, -0.2) is 15.0 Å². The molecule has 0 saturated carbocycles. The van der Waals surface area contributed by atoms with E-state index in [4.69, 9.17) is 19.4 Å². The van der Waals surface area contributed by atoms with Crippen molar-refractivity contribution in [1.82, 2.24) is 15.0 Å². The maximum absolute atomic E-state index is 6.43. The summed E-state index contributed by atoms with van der Waals surface area (Å²) in [5, 5.41) is 9.34. The van der Waals surface area contributed by atoms with E-state index in [1.54, 1.807) is 0 Å². The number of fused-ring (bicyclic) bond motifs is 8. The lowest BCUT2D eigenvalue weighted by atomic mass is 9.95. The predicted octanol–water partition coefficient (Wildman–Crippen LogP) is 11.9. The zero-order valence-corrected chi connectivity index (χ0v) is 26.3. The van der Waals surface area contributed by atoms with E-state index in [9.17, 15) is 0 Å². The second-order valence-electron chi connectivity index (χ2n) is 12.4. The Balaban J connectivity index is 1.12. The molecule has 3 heterocycles. The lowest BCUT2D eigenvalue weighted by molar-refractivity contribution is 0.654. The van der Waals surface area contributed by atoms with Crippen molar-refractivity contribution in [2.24, 2.45) is 0 Å². The van der Waals surface area contributed by atoms with Gasteiger partial charge in [0.1, 0.15) is 5.58 Å². The molecular formula is C45H27N3O. The summed E-state index contributed by atoms with van der Waals surface area (Å²) in [6.45, 7) is 0. The van der Waals surface area contributed by atoms with E-state index >= 15 is 0 Å². The predicted molar refractivity (Wildman–Crippen MR) is 201 cm³/mol. The van der Waals surface area contributed by atoms with Crippen molar-refractivity contribution in [3.63, 3.8) is 0 Å². The standard InChI is InChI=1S/C45H27N3O/c1-3-11-29(12-4-1)39-27-40(30-13-5-2-6-14-30)47-44(46-39)36-16-9-17-41-43(36)37-24-25-38(48-45(37)49-41)33-22-23-35-32(26-33)21-20-31-19-18-28-10-7-8-15-34(28)42(31)35/h1-27H. The molecule has 228 valence electrons. The first-order valence-electron chi connectivity index (χ1n) is 16.4.